The lowest BCUT2D eigenvalue weighted by Gasteiger charge is -2.34. The summed E-state index contributed by atoms with van der Waals surface area (Å²) in [6.45, 7) is 4.51. The summed E-state index contributed by atoms with van der Waals surface area (Å²) in [6.07, 6.45) is 5.24. The van der Waals surface area contributed by atoms with Gasteiger partial charge in [0.2, 0.25) is 0 Å². The molecule has 1 fully saturated rings. The number of hydrogen-bond acceptors (Lipinski definition) is 2. The van der Waals surface area contributed by atoms with Gasteiger partial charge in [-0.05, 0) is 37.0 Å². The highest BCUT2D eigenvalue weighted by Gasteiger charge is 2.19. The summed E-state index contributed by atoms with van der Waals surface area (Å²) in [5.74, 6) is 0.907. The second-order valence-electron chi connectivity index (χ2n) is 4.92. The van der Waals surface area contributed by atoms with E-state index < -0.39 is 0 Å². The summed E-state index contributed by atoms with van der Waals surface area (Å²) >= 11 is 5.92. The van der Waals surface area contributed by atoms with Gasteiger partial charge in [-0.15, -0.1) is 0 Å². The van der Waals surface area contributed by atoms with Crippen LogP contribution in [0.5, 0.6) is 0 Å². The van der Waals surface area contributed by atoms with Gasteiger partial charge in [0, 0.05) is 18.1 Å². The minimum Gasteiger partial charge on any atom is -0.397 e. The van der Waals surface area contributed by atoms with Crippen molar-refractivity contribution in [2.45, 2.75) is 32.6 Å². The van der Waals surface area contributed by atoms with Crippen LogP contribution in [0.25, 0.3) is 0 Å². The lowest BCUT2D eigenvalue weighted by molar-refractivity contribution is 0.378. The van der Waals surface area contributed by atoms with Gasteiger partial charge in [-0.2, -0.15) is 0 Å². The molecule has 1 aromatic rings. The van der Waals surface area contributed by atoms with Crippen molar-refractivity contribution in [3.05, 3.63) is 23.2 Å². The van der Waals surface area contributed by atoms with Crippen LogP contribution in [0.15, 0.2) is 18.2 Å². The van der Waals surface area contributed by atoms with Crippen LogP contribution in [0.2, 0.25) is 5.02 Å². The van der Waals surface area contributed by atoms with Crippen molar-refractivity contribution in [3.63, 3.8) is 0 Å². The number of halogens is 1. The predicted octanol–water partition coefficient (Wildman–Crippen LogP) is 3.94. The lowest BCUT2D eigenvalue weighted by atomic mass is 9.92. The Morgan fingerprint density at radius 1 is 1.35 bits per heavy atom. The number of nitrogens with zero attached hydrogens (tertiary/aromatic N) is 1. The van der Waals surface area contributed by atoms with Crippen LogP contribution in [0.4, 0.5) is 11.4 Å². The number of benzene rings is 1. The Hall–Kier alpha value is -0.890. The van der Waals surface area contributed by atoms with E-state index in [1.54, 1.807) is 0 Å². The van der Waals surface area contributed by atoms with Gasteiger partial charge in [0.05, 0.1) is 11.4 Å². The van der Waals surface area contributed by atoms with Crippen molar-refractivity contribution in [2.24, 2.45) is 5.92 Å². The number of hydrogen-bond donors (Lipinski definition) is 1. The summed E-state index contributed by atoms with van der Waals surface area (Å²) in [6, 6.07) is 5.80. The van der Waals surface area contributed by atoms with Gasteiger partial charge in [-0.3, -0.25) is 0 Å². The van der Waals surface area contributed by atoms with Gasteiger partial charge in [0.1, 0.15) is 0 Å². The Morgan fingerprint density at radius 2 is 2.06 bits per heavy atom. The van der Waals surface area contributed by atoms with E-state index in [1.165, 1.54) is 25.7 Å². The first kappa shape index (κ1) is 12.6. The molecule has 1 saturated heterocycles. The highest BCUT2D eigenvalue weighted by Crippen LogP contribution is 2.31. The summed E-state index contributed by atoms with van der Waals surface area (Å²) < 4.78 is 0. The van der Waals surface area contributed by atoms with Crippen LogP contribution in [-0.4, -0.2) is 13.1 Å². The number of anilines is 2. The van der Waals surface area contributed by atoms with Crippen molar-refractivity contribution < 1.29 is 0 Å². The number of nitrogen functional groups attached to an aromatic ring is 1. The van der Waals surface area contributed by atoms with E-state index in [9.17, 15) is 0 Å². The minimum absolute atomic E-state index is 0.715. The second-order valence-corrected chi connectivity index (χ2v) is 5.36. The van der Waals surface area contributed by atoms with E-state index in [-0.39, 0.29) is 0 Å². The molecule has 0 radical (unpaired) electrons. The van der Waals surface area contributed by atoms with Crippen molar-refractivity contribution in [2.75, 3.05) is 23.7 Å². The van der Waals surface area contributed by atoms with Crippen LogP contribution in [0.1, 0.15) is 32.6 Å². The molecule has 0 aliphatic carbocycles. The first-order chi connectivity index (χ1) is 8.20. The highest BCUT2D eigenvalue weighted by atomic mass is 35.5. The number of rotatable bonds is 3. The van der Waals surface area contributed by atoms with Crippen LogP contribution in [0.3, 0.4) is 0 Å². The van der Waals surface area contributed by atoms with E-state index in [1.807, 2.05) is 18.2 Å². The minimum atomic E-state index is 0.715. The predicted molar refractivity (Wildman–Crippen MR) is 75.7 cm³/mol. The molecule has 3 heteroatoms. The summed E-state index contributed by atoms with van der Waals surface area (Å²) in [4.78, 5) is 2.39. The summed E-state index contributed by atoms with van der Waals surface area (Å²) in [5.41, 5.74) is 7.96. The van der Waals surface area contributed by atoms with Crippen LogP contribution < -0.4 is 10.6 Å². The first-order valence-electron chi connectivity index (χ1n) is 6.50. The number of nitrogens with two attached hydrogens (primary N) is 1. The second kappa shape index (κ2) is 5.63. The van der Waals surface area contributed by atoms with Crippen LogP contribution in [-0.2, 0) is 0 Å². The first-order valence-corrected chi connectivity index (χ1v) is 6.88. The monoisotopic (exact) mass is 252 g/mol. The van der Waals surface area contributed by atoms with Crippen molar-refractivity contribution >= 4 is 23.0 Å². The topological polar surface area (TPSA) is 29.3 Å². The third-order valence-electron chi connectivity index (χ3n) is 3.64. The van der Waals surface area contributed by atoms with Gasteiger partial charge in [0.25, 0.3) is 0 Å². The molecule has 0 unspecified atom stereocenters. The lowest BCUT2D eigenvalue weighted by Crippen LogP contribution is -2.34. The third kappa shape index (κ3) is 3.06. The number of piperidine rings is 1. The maximum Gasteiger partial charge on any atom is 0.0600 e. The largest absolute Gasteiger partial charge is 0.397 e. The Balaban J connectivity index is 2.00. The zero-order chi connectivity index (χ0) is 12.3. The summed E-state index contributed by atoms with van der Waals surface area (Å²) in [5, 5.41) is 0.715. The average Bonchev–Trinajstić information content (AvgIpc) is 2.31. The highest BCUT2D eigenvalue weighted by molar-refractivity contribution is 6.31. The van der Waals surface area contributed by atoms with Crippen LogP contribution >= 0.6 is 11.6 Å². The maximum absolute atomic E-state index is 6.02. The Labute approximate surface area is 109 Å². The Kier molecular flexibility index (Phi) is 4.16. The van der Waals surface area contributed by atoms with E-state index in [4.69, 9.17) is 17.3 Å². The molecule has 17 heavy (non-hydrogen) atoms. The molecule has 1 heterocycles. The molecular formula is C14H21ClN2. The third-order valence-corrected chi connectivity index (χ3v) is 3.88. The van der Waals surface area contributed by atoms with E-state index in [0.717, 1.165) is 30.4 Å². The normalized spacial score (nSPS) is 17.4. The molecule has 0 bridgehead atoms. The average molecular weight is 253 g/mol. The fraction of sp³-hybridized carbons (Fsp3) is 0.571. The van der Waals surface area contributed by atoms with Crippen molar-refractivity contribution in [1.82, 2.24) is 0 Å². The maximum atomic E-state index is 6.02. The molecule has 0 spiro atoms. The molecule has 0 atom stereocenters. The smallest absolute Gasteiger partial charge is 0.0600 e. The van der Waals surface area contributed by atoms with Crippen molar-refractivity contribution in [1.29, 1.82) is 0 Å². The van der Waals surface area contributed by atoms with Crippen molar-refractivity contribution in [3.8, 4) is 0 Å². The standard InChI is InChI=1S/C14H21ClN2/c1-2-3-11-6-8-17(9-7-11)14-5-4-12(15)10-13(14)16/h4-5,10-11H,2-3,6-9,16H2,1H3. The van der Waals surface area contributed by atoms with E-state index >= 15 is 0 Å². The molecule has 94 valence electrons. The molecule has 1 aliphatic rings. The molecule has 2 rings (SSSR count). The Morgan fingerprint density at radius 3 is 2.65 bits per heavy atom. The van der Waals surface area contributed by atoms with Gasteiger partial charge in [-0.1, -0.05) is 31.4 Å². The molecule has 0 saturated carbocycles. The van der Waals surface area contributed by atoms with Crippen LogP contribution in [0, 0.1) is 5.92 Å². The van der Waals surface area contributed by atoms with Gasteiger partial charge in [-0.25, -0.2) is 0 Å². The molecule has 1 aromatic carbocycles. The molecule has 1 aliphatic heterocycles. The Bertz CT molecular complexity index is 370. The summed E-state index contributed by atoms with van der Waals surface area (Å²) in [7, 11) is 0. The van der Waals surface area contributed by atoms with Gasteiger partial charge < -0.3 is 10.6 Å². The van der Waals surface area contributed by atoms with Gasteiger partial charge in [0.15, 0.2) is 0 Å². The quantitative estimate of drug-likeness (QED) is 0.826. The molecular weight excluding hydrogens is 232 g/mol. The molecule has 2 N–H and O–H groups in total. The van der Waals surface area contributed by atoms with E-state index in [2.05, 4.69) is 11.8 Å². The zero-order valence-electron chi connectivity index (χ0n) is 10.5. The van der Waals surface area contributed by atoms with E-state index in [0.29, 0.717) is 5.02 Å². The zero-order valence-corrected chi connectivity index (χ0v) is 11.2. The fourth-order valence-corrected chi connectivity index (χ4v) is 2.86. The SMILES string of the molecule is CCCC1CCN(c2ccc(Cl)cc2N)CC1. The molecule has 0 amide bonds. The van der Waals surface area contributed by atoms with Gasteiger partial charge >= 0.3 is 0 Å². The fourth-order valence-electron chi connectivity index (χ4n) is 2.68. The molecule has 0 aromatic heterocycles. The molecule has 2 nitrogen and oxygen atoms in total.